The molecule has 166 valence electrons. The Morgan fingerprint density at radius 3 is 2.39 bits per heavy atom. The van der Waals surface area contributed by atoms with E-state index in [1.54, 1.807) is 12.1 Å². The lowest BCUT2D eigenvalue weighted by atomic mass is 10.1. The molecule has 1 aromatic heterocycles. The van der Waals surface area contributed by atoms with Gasteiger partial charge < -0.3 is 14.0 Å². The van der Waals surface area contributed by atoms with E-state index < -0.39 is 17.8 Å². The number of nitrogens with zero attached hydrogens (tertiary/aromatic N) is 2. The number of carbonyl (C=O) groups is 3. The molecule has 0 atom stereocenters. The summed E-state index contributed by atoms with van der Waals surface area (Å²) in [5.41, 5.74) is 3.59. The van der Waals surface area contributed by atoms with E-state index in [1.807, 2.05) is 48.7 Å². The third kappa shape index (κ3) is 3.60. The van der Waals surface area contributed by atoms with Crippen molar-refractivity contribution in [2.45, 2.75) is 13.8 Å². The molecule has 1 fully saturated rings. The maximum absolute atomic E-state index is 13.3. The fraction of sp³-hybridized carbons (Fsp3) is 0.125. The van der Waals surface area contributed by atoms with Gasteiger partial charge in [0.2, 0.25) is 6.79 Å². The van der Waals surface area contributed by atoms with Crippen LogP contribution in [0.5, 0.6) is 11.5 Å². The summed E-state index contributed by atoms with van der Waals surface area (Å²) < 4.78 is 13.6. The smallest absolute Gasteiger partial charge is 0.335 e. The number of urea groups is 1. The Labute approximate surface area is 197 Å². The molecule has 0 aliphatic carbocycles. The number of amides is 4. The molecule has 0 bridgehead atoms. The molecule has 2 aliphatic heterocycles. The van der Waals surface area contributed by atoms with Crippen molar-refractivity contribution >= 4 is 45.5 Å². The van der Waals surface area contributed by atoms with E-state index in [9.17, 15) is 14.4 Å². The van der Waals surface area contributed by atoms with Gasteiger partial charge in [0.15, 0.2) is 11.5 Å². The normalized spacial score (nSPS) is 16.5. The van der Waals surface area contributed by atoms with Crippen molar-refractivity contribution in [2.75, 3.05) is 11.7 Å². The van der Waals surface area contributed by atoms with Crippen molar-refractivity contribution < 1.29 is 23.9 Å². The first-order chi connectivity index (χ1) is 15.8. The molecule has 0 unspecified atom stereocenters. The number of halogens is 1. The zero-order valence-electron chi connectivity index (χ0n) is 17.7. The van der Waals surface area contributed by atoms with Gasteiger partial charge in [-0.25, -0.2) is 9.69 Å². The van der Waals surface area contributed by atoms with Crippen LogP contribution in [0.2, 0.25) is 0 Å². The molecule has 1 saturated heterocycles. The third-order valence-electron chi connectivity index (χ3n) is 5.57. The molecule has 2 aromatic carbocycles. The minimum absolute atomic E-state index is 0.0660. The first-order valence-corrected chi connectivity index (χ1v) is 10.9. The van der Waals surface area contributed by atoms with Gasteiger partial charge in [-0.1, -0.05) is 15.9 Å². The first-order valence-electron chi connectivity index (χ1n) is 10.1. The lowest BCUT2D eigenvalue weighted by Gasteiger charge is -2.26. The number of aryl methyl sites for hydroxylation is 1. The predicted molar refractivity (Wildman–Crippen MR) is 125 cm³/mol. The van der Waals surface area contributed by atoms with Crippen molar-refractivity contribution in [3.05, 3.63) is 75.5 Å². The van der Waals surface area contributed by atoms with Gasteiger partial charge in [-0.05, 0) is 68.0 Å². The van der Waals surface area contributed by atoms with E-state index in [0.717, 1.165) is 26.4 Å². The lowest BCUT2D eigenvalue weighted by Crippen LogP contribution is -2.54. The fourth-order valence-corrected chi connectivity index (χ4v) is 4.26. The zero-order valence-corrected chi connectivity index (χ0v) is 19.3. The monoisotopic (exact) mass is 507 g/mol. The van der Waals surface area contributed by atoms with Crippen LogP contribution in [0.4, 0.5) is 10.5 Å². The number of barbiturate groups is 1. The lowest BCUT2D eigenvalue weighted by molar-refractivity contribution is -0.122. The van der Waals surface area contributed by atoms with Crippen LogP contribution in [0, 0.1) is 13.8 Å². The SMILES string of the molecule is Cc1cc(/C=C2\C(=O)NC(=O)N(c3ccc4c(c3)OCO4)C2=O)c(C)n1-c1ccc(Br)cc1. The molecular weight excluding hydrogens is 490 g/mol. The number of aromatic nitrogens is 1. The van der Waals surface area contributed by atoms with Crippen molar-refractivity contribution in [3.63, 3.8) is 0 Å². The van der Waals surface area contributed by atoms with E-state index in [-0.39, 0.29) is 18.1 Å². The molecule has 0 radical (unpaired) electrons. The fourth-order valence-electron chi connectivity index (χ4n) is 3.99. The van der Waals surface area contributed by atoms with Crippen LogP contribution in [-0.2, 0) is 9.59 Å². The van der Waals surface area contributed by atoms with Gasteiger partial charge in [0, 0.05) is 27.6 Å². The second-order valence-electron chi connectivity index (χ2n) is 7.63. The van der Waals surface area contributed by atoms with Crippen molar-refractivity contribution in [3.8, 4) is 17.2 Å². The molecule has 8 nitrogen and oxygen atoms in total. The number of rotatable bonds is 3. The third-order valence-corrected chi connectivity index (χ3v) is 6.10. The maximum Gasteiger partial charge on any atom is 0.335 e. The van der Waals surface area contributed by atoms with Gasteiger partial charge in [0.1, 0.15) is 5.57 Å². The van der Waals surface area contributed by atoms with Gasteiger partial charge >= 0.3 is 6.03 Å². The van der Waals surface area contributed by atoms with E-state index in [2.05, 4.69) is 21.2 Å². The van der Waals surface area contributed by atoms with Crippen LogP contribution < -0.4 is 19.7 Å². The number of hydrogen-bond donors (Lipinski definition) is 1. The summed E-state index contributed by atoms with van der Waals surface area (Å²) in [6, 6.07) is 13.6. The summed E-state index contributed by atoms with van der Waals surface area (Å²) in [5.74, 6) is -0.504. The second-order valence-corrected chi connectivity index (χ2v) is 8.55. The molecule has 3 aromatic rings. The van der Waals surface area contributed by atoms with Crippen LogP contribution >= 0.6 is 15.9 Å². The Hall–Kier alpha value is -3.85. The molecule has 0 spiro atoms. The second kappa shape index (κ2) is 7.93. The standard InChI is InChI=1S/C24H18BrN3O5/c1-13-9-15(14(2)27(13)17-5-3-16(25)4-6-17)10-19-22(29)26-24(31)28(23(19)30)18-7-8-20-21(11-18)33-12-32-20/h3-11H,12H2,1-2H3,(H,26,29,31)/b19-10+. The highest BCUT2D eigenvalue weighted by molar-refractivity contribution is 9.10. The Morgan fingerprint density at radius 1 is 0.939 bits per heavy atom. The van der Waals surface area contributed by atoms with Crippen molar-refractivity contribution in [2.24, 2.45) is 0 Å². The Bertz CT molecular complexity index is 1360. The minimum Gasteiger partial charge on any atom is -0.454 e. The summed E-state index contributed by atoms with van der Waals surface area (Å²) in [5, 5.41) is 2.25. The molecule has 4 amide bonds. The van der Waals surface area contributed by atoms with E-state index in [1.165, 1.54) is 12.1 Å². The number of benzene rings is 2. The van der Waals surface area contributed by atoms with Crippen LogP contribution in [0.1, 0.15) is 17.0 Å². The molecule has 33 heavy (non-hydrogen) atoms. The van der Waals surface area contributed by atoms with E-state index in [0.29, 0.717) is 17.1 Å². The van der Waals surface area contributed by atoms with Crippen LogP contribution in [0.3, 0.4) is 0 Å². The van der Waals surface area contributed by atoms with E-state index in [4.69, 9.17) is 9.47 Å². The average molecular weight is 508 g/mol. The number of hydrogen-bond acceptors (Lipinski definition) is 5. The molecule has 1 N–H and O–H groups in total. The van der Waals surface area contributed by atoms with Crippen molar-refractivity contribution in [1.29, 1.82) is 0 Å². The Morgan fingerprint density at radius 2 is 1.64 bits per heavy atom. The summed E-state index contributed by atoms with van der Waals surface area (Å²) in [4.78, 5) is 39.3. The molecule has 9 heteroatoms. The summed E-state index contributed by atoms with van der Waals surface area (Å²) in [6.45, 7) is 3.92. The van der Waals surface area contributed by atoms with Gasteiger partial charge in [-0.3, -0.25) is 14.9 Å². The largest absolute Gasteiger partial charge is 0.454 e. The number of carbonyl (C=O) groups excluding carboxylic acids is 3. The average Bonchev–Trinajstić information content (AvgIpc) is 3.35. The van der Waals surface area contributed by atoms with Gasteiger partial charge in [-0.2, -0.15) is 0 Å². The summed E-state index contributed by atoms with van der Waals surface area (Å²) in [7, 11) is 0. The van der Waals surface area contributed by atoms with Crippen LogP contribution in [0.25, 0.3) is 11.8 Å². The molecule has 0 saturated carbocycles. The Kier molecular flexibility index (Phi) is 5.05. The molecule has 3 heterocycles. The molecule has 2 aliphatic rings. The zero-order chi connectivity index (χ0) is 23.3. The highest BCUT2D eigenvalue weighted by atomic mass is 79.9. The van der Waals surface area contributed by atoms with Crippen LogP contribution in [-0.4, -0.2) is 29.2 Å². The van der Waals surface area contributed by atoms with Gasteiger partial charge in [0.05, 0.1) is 5.69 Å². The summed E-state index contributed by atoms with van der Waals surface area (Å²) in [6.07, 6.45) is 1.52. The van der Waals surface area contributed by atoms with Gasteiger partial charge in [-0.15, -0.1) is 0 Å². The summed E-state index contributed by atoms with van der Waals surface area (Å²) >= 11 is 3.44. The number of nitrogens with one attached hydrogen (secondary N) is 1. The highest BCUT2D eigenvalue weighted by Crippen LogP contribution is 2.36. The van der Waals surface area contributed by atoms with Crippen LogP contribution in [0.15, 0.2) is 58.6 Å². The maximum atomic E-state index is 13.3. The highest BCUT2D eigenvalue weighted by Gasteiger charge is 2.37. The first kappa shape index (κ1) is 21.0. The quantitative estimate of drug-likeness (QED) is 0.422. The topological polar surface area (TPSA) is 89.9 Å². The molecule has 5 rings (SSSR count). The predicted octanol–water partition coefficient (Wildman–Crippen LogP) is 4.25. The number of fused-ring (bicyclic) bond motifs is 1. The van der Waals surface area contributed by atoms with Crippen molar-refractivity contribution in [1.82, 2.24) is 9.88 Å². The minimum atomic E-state index is -0.818. The van der Waals surface area contributed by atoms with Gasteiger partial charge in [0.25, 0.3) is 11.8 Å². The number of ether oxygens (including phenoxy) is 2. The molecular formula is C24H18BrN3O5. The number of imide groups is 2. The Balaban J connectivity index is 1.53. The van der Waals surface area contributed by atoms with E-state index >= 15 is 0 Å². The number of anilines is 1.